The Morgan fingerprint density at radius 2 is 2.20 bits per heavy atom. The Morgan fingerprint density at radius 3 is 2.80 bits per heavy atom. The summed E-state index contributed by atoms with van der Waals surface area (Å²) in [5.41, 5.74) is 6.17. The van der Waals surface area contributed by atoms with Crippen LogP contribution < -0.4 is 11.1 Å². The first kappa shape index (κ1) is 14.5. The Morgan fingerprint density at radius 1 is 1.50 bits per heavy atom. The molecule has 1 aromatic heterocycles. The van der Waals surface area contributed by atoms with Crippen LogP contribution in [0.15, 0.2) is 28.9 Å². The molecule has 0 aliphatic rings. The summed E-state index contributed by atoms with van der Waals surface area (Å²) in [6.07, 6.45) is 1.47. The number of amides is 1. The molecule has 2 aromatic rings. The summed E-state index contributed by atoms with van der Waals surface area (Å²) >= 11 is 8.10. The maximum Gasteiger partial charge on any atom is 0.260 e. The highest BCUT2D eigenvalue weighted by Crippen LogP contribution is 2.24. The van der Waals surface area contributed by atoms with E-state index in [-0.39, 0.29) is 16.3 Å². The molecule has 0 unspecified atom stereocenters. The Kier molecular flexibility index (Phi) is 4.05. The van der Waals surface area contributed by atoms with Gasteiger partial charge in [0.05, 0.1) is 17.3 Å². The van der Waals surface area contributed by atoms with E-state index in [0.717, 1.165) is 0 Å². The smallest absolute Gasteiger partial charge is 0.260 e. The van der Waals surface area contributed by atoms with Gasteiger partial charge in [-0.2, -0.15) is 5.10 Å². The first-order valence-corrected chi connectivity index (χ1v) is 6.72. The molecule has 8 heteroatoms. The quantitative estimate of drug-likeness (QED) is 0.730. The number of rotatable bonds is 3. The molecule has 20 heavy (non-hydrogen) atoms. The Labute approximate surface area is 128 Å². The number of thiocarbonyl (C=S) groups is 1. The number of aromatic nitrogens is 2. The molecule has 0 bridgehead atoms. The van der Waals surface area contributed by atoms with E-state index >= 15 is 0 Å². The van der Waals surface area contributed by atoms with Crippen molar-refractivity contribution >= 4 is 44.9 Å². The van der Waals surface area contributed by atoms with Gasteiger partial charge in [-0.1, -0.05) is 28.1 Å². The van der Waals surface area contributed by atoms with Crippen molar-refractivity contribution in [2.75, 3.05) is 5.32 Å². The molecule has 1 aromatic carbocycles. The van der Waals surface area contributed by atoms with Crippen LogP contribution in [-0.2, 0) is 7.05 Å². The van der Waals surface area contributed by atoms with Crippen LogP contribution in [0.2, 0.25) is 0 Å². The Bertz CT molecular complexity index is 699. The van der Waals surface area contributed by atoms with Crippen LogP contribution in [-0.4, -0.2) is 25.8 Å². The summed E-state index contributed by atoms with van der Waals surface area (Å²) in [6.45, 7) is 0. The molecule has 0 atom stereocenters. The number of carbonyl (C=O) groups is 1. The molecular formula is C12H11BrN4O2S. The number of aryl methyl sites for hydroxylation is 1. The van der Waals surface area contributed by atoms with Gasteiger partial charge in [0.1, 0.15) is 16.6 Å². The van der Waals surface area contributed by atoms with Gasteiger partial charge in [0, 0.05) is 11.5 Å². The van der Waals surface area contributed by atoms with Gasteiger partial charge in [-0.15, -0.1) is 0 Å². The Hall–Kier alpha value is -1.93. The van der Waals surface area contributed by atoms with Crippen molar-refractivity contribution in [3.8, 4) is 5.75 Å². The van der Waals surface area contributed by atoms with Crippen LogP contribution in [0.3, 0.4) is 0 Å². The maximum absolute atomic E-state index is 12.2. The zero-order chi connectivity index (χ0) is 14.9. The summed E-state index contributed by atoms with van der Waals surface area (Å²) in [5, 5.41) is 16.4. The molecule has 1 heterocycles. The van der Waals surface area contributed by atoms with Crippen molar-refractivity contribution in [2.24, 2.45) is 12.8 Å². The molecule has 0 radical (unpaired) electrons. The molecule has 0 aliphatic heterocycles. The molecule has 104 valence electrons. The van der Waals surface area contributed by atoms with Crippen LogP contribution >= 0.6 is 28.1 Å². The zero-order valence-electron chi connectivity index (χ0n) is 10.4. The van der Waals surface area contributed by atoms with Crippen LogP contribution in [0, 0.1) is 0 Å². The number of anilines is 1. The summed E-state index contributed by atoms with van der Waals surface area (Å²) in [7, 11) is 1.65. The fraction of sp³-hybridized carbons (Fsp3) is 0.0833. The van der Waals surface area contributed by atoms with Crippen molar-refractivity contribution in [3.05, 3.63) is 40.0 Å². The van der Waals surface area contributed by atoms with E-state index in [4.69, 9.17) is 18.0 Å². The molecule has 2 rings (SSSR count). The van der Waals surface area contributed by atoms with Gasteiger partial charge in [-0.05, 0) is 18.2 Å². The number of aromatic hydroxyl groups is 1. The fourth-order valence-corrected chi connectivity index (χ4v) is 2.14. The second-order valence-corrected chi connectivity index (χ2v) is 5.37. The van der Waals surface area contributed by atoms with Gasteiger partial charge in [-0.3, -0.25) is 9.48 Å². The summed E-state index contributed by atoms with van der Waals surface area (Å²) < 4.78 is 2.12. The van der Waals surface area contributed by atoms with E-state index < -0.39 is 5.91 Å². The summed E-state index contributed by atoms with van der Waals surface area (Å²) in [4.78, 5) is 12.3. The van der Waals surface area contributed by atoms with Gasteiger partial charge >= 0.3 is 0 Å². The van der Waals surface area contributed by atoms with Crippen LogP contribution in [0.25, 0.3) is 0 Å². The number of benzene rings is 1. The number of phenolic OH excluding ortho intramolecular Hbond substituents is 1. The minimum Gasteiger partial charge on any atom is -0.507 e. The van der Waals surface area contributed by atoms with E-state index in [1.54, 1.807) is 13.1 Å². The number of nitrogens with two attached hydrogens (primary N) is 1. The highest BCUT2D eigenvalue weighted by molar-refractivity contribution is 9.10. The van der Waals surface area contributed by atoms with E-state index in [0.29, 0.717) is 15.9 Å². The highest BCUT2D eigenvalue weighted by Gasteiger charge is 2.17. The van der Waals surface area contributed by atoms with E-state index in [1.807, 2.05) is 0 Å². The van der Waals surface area contributed by atoms with Gasteiger partial charge < -0.3 is 16.2 Å². The molecule has 0 aliphatic carbocycles. The third kappa shape index (κ3) is 2.81. The van der Waals surface area contributed by atoms with E-state index in [2.05, 4.69) is 26.3 Å². The van der Waals surface area contributed by atoms with Gasteiger partial charge in [-0.25, -0.2) is 0 Å². The average Bonchev–Trinajstić information content (AvgIpc) is 2.71. The first-order chi connectivity index (χ1) is 9.40. The second kappa shape index (κ2) is 5.59. The second-order valence-electron chi connectivity index (χ2n) is 4.01. The van der Waals surface area contributed by atoms with E-state index in [9.17, 15) is 9.90 Å². The lowest BCUT2D eigenvalue weighted by Gasteiger charge is -2.09. The summed E-state index contributed by atoms with van der Waals surface area (Å²) in [5.74, 6) is -0.225. The number of hydrogen-bond acceptors (Lipinski definition) is 4. The number of carbonyl (C=O) groups excluding carboxylic acids is 1. The fourth-order valence-electron chi connectivity index (χ4n) is 1.64. The third-order valence-corrected chi connectivity index (χ3v) is 3.35. The average molecular weight is 355 g/mol. The van der Waals surface area contributed by atoms with Crippen LogP contribution in [0.1, 0.15) is 15.9 Å². The van der Waals surface area contributed by atoms with Crippen LogP contribution in [0.5, 0.6) is 5.75 Å². The zero-order valence-corrected chi connectivity index (χ0v) is 12.8. The molecule has 4 N–H and O–H groups in total. The van der Waals surface area contributed by atoms with Crippen molar-refractivity contribution in [1.29, 1.82) is 0 Å². The standard InChI is InChI=1S/C12H11BrN4O2S/c1-17-11(8(5-15-17)10(14)20)16-12(19)7-3-2-6(13)4-9(7)18/h2-5,18H,1H3,(H2,14,20)(H,16,19). The lowest BCUT2D eigenvalue weighted by Crippen LogP contribution is -2.18. The number of hydrogen-bond donors (Lipinski definition) is 3. The number of nitrogens with one attached hydrogen (secondary N) is 1. The molecule has 0 fully saturated rings. The van der Waals surface area contributed by atoms with Crippen molar-refractivity contribution in [3.63, 3.8) is 0 Å². The maximum atomic E-state index is 12.2. The van der Waals surface area contributed by atoms with Gasteiger partial charge in [0.25, 0.3) is 5.91 Å². The number of nitrogens with zero attached hydrogens (tertiary/aromatic N) is 2. The predicted octanol–water partition coefficient (Wildman–Crippen LogP) is 1.77. The molecule has 0 saturated carbocycles. The Balaban J connectivity index is 2.33. The minimum atomic E-state index is -0.476. The lowest BCUT2D eigenvalue weighted by molar-refractivity contribution is 0.102. The van der Waals surface area contributed by atoms with Gasteiger partial charge in [0.2, 0.25) is 0 Å². The van der Waals surface area contributed by atoms with Crippen LogP contribution in [0.4, 0.5) is 5.82 Å². The predicted molar refractivity (Wildman–Crippen MR) is 82.9 cm³/mol. The summed E-state index contributed by atoms with van der Waals surface area (Å²) in [6, 6.07) is 4.60. The largest absolute Gasteiger partial charge is 0.507 e. The first-order valence-electron chi connectivity index (χ1n) is 5.52. The molecule has 0 saturated heterocycles. The normalized spacial score (nSPS) is 10.3. The van der Waals surface area contributed by atoms with E-state index in [1.165, 1.54) is 23.0 Å². The monoisotopic (exact) mass is 354 g/mol. The number of halogens is 1. The molecule has 1 amide bonds. The topological polar surface area (TPSA) is 93.2 Å². The highest BCUT2D eigenvalue weighted by atomic mass is 79.9. The van der Waals surface area contributed by atoms with Crippen molar-refractivity contribution in [2.45, 2.75) is 0 Å². The third-order valence-electron chi connectivity index (χ3n) is 2.64. The van der Waals surface area contributed by atoms with Gasteiger partial charge in [0.15, 0.2) is 0 Å². The molecule has 6 nitrogen and oxygen atoms in total. The van der Waals surface area contributed by atoms with Crippen molar-refractivity contribution < 1.29 is 9.90 Å². The SMILES string of the molecule is Cn1ncc(C(N)=S)c1NC(=O)c1ccc(Br)cc1O. The lowest BCUT2D eigenvalue weighted by atomic mass is 10.2. The minimum absolute atomic E-state index is 0.129. The van der Waals surface area contributed by atoms with Crippen molar-refractivity contribution in [1.82, 2.24) is 9.78 Å². The number of phenols is 1. The molecular weight excluding hydrogens is 344 g/mol. The molecule has 0 spiro atoms.